The van der Waals surface area contributed by atoms with E-state index in [1.54, 1.807) is 24.3 Å². The molecule has 1 amide bonds. The number of rotatable bonds is 3. The minimum absolute atomic E-state index is 0.326. The summed E-state index contributed by atoms with van der Waals surface area (Å²) in [6, 6.07) is 6.80. The van der Waals surface area contributed by atoms with Gasteiger partial charge < -0.3 is 14.6 Å². The van der Waals surface area contributed by atoms with Crippen LogP contribution in [0.2, 0.25) is 5.02 Å². The number of ether oxygens (including phenoxy) is 1. The molecule has 0 spiro atoms. The number of nitrogens with one attached hydrogen (secondary N) is 1. The fourth-order valence-electron chi connectivity index (χ4n) is 2.28. The van der Waals surface area contributed by atoms with E-state index in [4.69, 9.17) is 16.3 Å². The second-order valence-electron chi connectivity index (χ2n) is 4.78. The molecule has 0 saturated heterocycles. The lowest BCUT2D eigenvalue weighted by Gasteiger charge is -2.19. The van der Waals surface area contributed by atoms with E-state index in [1.165, 1.54) is 6.20 Å². The second kappa shape index (κ2) is 6.66. The number of hydrogen-bond acceptors (Lipinski definition) is 5. The van der Waals surface area contributed by atoms with Crippen LogP contribution in [-0.2, 0) is 17.8 Å². The van der Waals surface area contributed by atoms with Crippen LogP contribution in [0.4, 0.5) is 5.69 Å². The fraction of sp³-hybridized carbons (Fsp3) is 0.200. The van der Waals surface area contributed by atoms with Crippen LogP contribution in [0, 0.1) is 0 Å². The predicted octanol–water partition coefficient (Wildman–Crippen LogP) is 3.63. The van der Waals surface area contributed by atoms with Gasteiger partial charge in [0.05, 0.1) is 23.7 Å². The summed E-state index contributed by atoms with van der Waals surface area (Å²) in [6.07, 6.45) is 2.18. The van der Waals surface area contributed by atoms with Gasteiger partial charge in [0.1, 0.15) is 0 Å². The summed E-state index contributed by atoms with van der Waals surface area (Å²) >= 11 is 6.37. The number of aromatic nitrogens is 1. The SMILES string of the molecule is O=C(Nc1ccc(Cl)cc1)c1cnc2c(c1SO)COCC2. The second-order valence-corrected chi connectivity index (χ2v) is 5.81. The van der Waals surface area contributed by atoms with E-state index < -0.39 is 0 Å². The molecule has 114 valence electrons. The van der Waals surface area contributed by atoms with E-state index in [0.717, 1.165) is 11.3 Å². The molecule has 3 rings (SSSR count). The fourth-order valence-corrected chi connectivity index (χ4v) is 2.93. The van der Waals surface area contributed by atoms with Crippen LogP contribution >= 0.6 is 23.6 Å². The first-order valence-electron chi connectivity index (χ1n) is 6.66. The maximum atomic E-state index is 12.4. The number of hydrogen-bond donors (Lipinski definition) is 2. The van der Waals surface area contributed by atoms with Gasteiger partial charge in [0.15, 0.2) is 0 Å². The number of benzene rings is 1. The highest BCUT2D eigenvalue weighted by molar-refractivity contribution is 7.93. The third-order valence-electron chi connectivity index (χ3n) is 3.38. The predicted molar refractivity (Wildman–Crippen MR) is 85.5 cm³/mol. The van der Waals surface area contributed by atoms with Crippen LogP contribution < -0.4 is 5.32 Å². The Balaban J connectivity index is 1.90. The summed E-state index contributed by atoms with van der Waals surface area (Å²) in [7, 11) is 0. The first-order valence-corrected chi connectivity index (χ1v) is 7.81. The van der Waals surface area contributed by atoms with Crippen LogP contribution in [0.3, 0.4) is 0 Å². The van der Waals surface area contributed by atoms with Gasteiger partial charge in [-0.3, -0.25) is 9.78 Å². The molecule has 1 aliphatic heterocycles. The van der Waals surface area contributed by atoms with Crippen molar-refractivity contribution >= 4 is 35.2 Å². The Morgan fingerprint density at radius 3 is 2.86 bits per heavy atom. The summed E-state index contributed by atoms with van der Waals surface area (Å²) in [5.41, 5.74) is 2.59. The van der Waals surface area contributed by atoms with Crippen molar-refractivity contribution in [3.05, 3.63) is 52.3 Å². The molecule has 1 aromatic heterocycles. The Morgan fingerprint density at radius 2 is 2.14 bits per heavy atom. The van der Waals surface area contributed by atoms with Crippen LogP contribution in [0.25, 0.3) is 0 Å². The number of amides is 1. The standard InChI is InChI=1S/C15H13ClN2O3S/c16-9-1-3-10(4-2-9)18-15(19)11-7-17-13-5-6-21-8-12(13)14(11)22-20/h1-4,7,20H,5-6,8H2,(H,18,19). The highest BCUT2D eigenvalue weighted by Gasteiger charge is 2.22. The molecule has 0 radical (unpaired) electrons. The molecular weight excluding hydrogens is 324 g/mol. The molecule has 0 unspecified atom stereocenters. The number of halogens is 1. The van der Waals surface area contributed by atoms with E-state index >= 15 is 0 Å². The average molecular weight is 337 g/mol. The number of nitrogens with zero attached hydrogens (tertiary/aromatic N) is 1. The van der Waals surface area contributed by atoms with Gasteiger partial charge >= 0.3 is 0 Å². The normalized spacial score (nSPS) is 13.5. The lowest BCUT2D eigenvalue weighted by molar-refractivity contribution is 0.101. The van der Waals surface area contributed by atoms with Crippen molar-refractivity contribution < 1.29 is 14.1 Å². The van der Waals surface area contributed by atoms with Gasteiger partial charge in [-0.2, -0.15) is 0 Å². The van der Waals surface area contributed by atoms with Gasteiger partial charge in [-0.05, 0) is 24.3 Å². The van der Waals surface area contributed by atoms with Gasteiger partial charge in [-0.1, -0.05) is 11.6 Å². The summed E-state index contributed by atoms with van der Waals surface area (Å²) in [5, 5.41) is 3.36. The van der Waals surface area contributed by atoms with Gasteiger partial charge in [-0.15, -0.1) is 0 Å². The third-order valence-corrected chi connectivity index (χ3v) is 4.29. The number of fused-ring (bicyclic) bond motifs is 1. The highest BCUT2D eigenvalue weighted by Crippen LogP contribution is 2.30. The van der Waals surface area contributed by atoms with Crippen LogP contribution in [0.5, 0.6) is 0 Å². The molecule has 1 aromatic carbocycles. The minimum Gasteiger partial charge on any atom is -0.376 e. The van der Waals surface area contributed by atoms with Gasteiger partial charge in [0, 0.05) is 46.6 Å². The molecule has 0 aliphatic carbocycles. The summed E-state index contributed by atoms with van der Waals surface area (Å²) in [6.45, 7) is 0.957. The Bertz CT molecular complexity index is 707. The maximum absolute atomic E-state index is 12.4. The van der Waals surface area contributed by atoms with Crippen LogP contribution in [0.15, 0.2) is 35.4 Å². The molecule has 5 nitrogen and oxygen atoms in total. The Morgan fingerprint density at radius 1 is 1.36 bits per heavy atom. The van der Waals surface area contributed by atoms with E-state index in [0.29, 0.717) is 52.8 Å². The molecule has 1 aliphatic rings. The number of pyridine rings is 1. The van der Waals surface area contributed by atoms with Crippen LogP contribution in [0.1, 0.15) is 21.6 Å². The lowest BCUT2D eigenvalue weighted by Crippen LogP contribution is -2.19. The van der Waals surface area contributed by atoms with Crippen molar-refractivity contribution in [1.29, 1.82) is 0 Å². The average Bonchev–Trinajstić information content (AvgIpc) is 2.55. The zero-order valence-electron chi connectivity index (χ0n) is 11.5. The summed E-state index contributed by atoms with van der Waals surface area (Å²) in [5.74, 6) is -0.334. The molecule has 7 heteroatoms. The van der Waals surface area contributed by atoms with Crippen molar-refractivity contribution in [2.24, 2.45) is 0 Å². The lowest BCUT2D eigenvalue weighted by atomic mass is 10.1. The smallest absolute Gasteiger partial charge is 0.258 e. The Hall–Kier alpha value is -1.60. The molecule has 0 atom stereocenters. The Labute approximate surface area is 136 Å². The summed E-state index contributed by atoms with van der Waals surface area (Å²) in [4.78, 5) is 17.2. The van der Waals surface area contributed by atoms with E-state index in [-0.39, 0.29) is 5.91 Å². The maximum Gasteiger partial charge on any atom is 0.258 e. The van der Waals surface area contributed by atoms with Crippen LogP contribution in [-0.4, -0.2) is 22.1 Å². The van der Waals surface area contributed by atoms with Crippen molar-refractivity contribution in [3.8, 4) is 0 Å². The number of anilines is 1. The van der Waals surface area contributed by atoms with Crippen molar-refractivity contribution in [1.82, 2.24) is 4.98 Å². The minimum atomic E-state index is -0.334. The largest absolute Gasteiger partial charge is 0.376 e. The van der Waals surface area contributed by atoms with E-state index in [1.807, 2.05) is 0 Å². The molecule has 2 aromatic rings. The highest BCUT2D eigenvalue weighted by atomic mass is 35.5. The van der Waals surface area contributed by atoms with E-state index in [2.05, 4.69) is 10.3 Å². The zero-order chi connectivity index (χ0) is 15.5. The number of carbonyl (C=O) groups excluding carboxylic acids is 1. The monoisotopic (exact) mass is 336 g/mol. The molecule has 22 heavy (non-hydrogen) atoms. The molecule has 0 bridgehead atoms. The molecule has 2 N–H and O–H groups in total. The van der Waals surface area contributed by atoms with Crippen molar-refractivity contribution in [3.63, 3.8) is 0 Å². The topological polar surface area (TPSA) is 71.5 Å². The third kappa shape index (κ3) is 3.10. The molecular formula is C15H13ClN2O3S. The Kier molecular flexibility index (Phi) is 4.63. The van der Waals surface area contributed by atoms with Gasteiger partial charge in [0.2, 0.25) is 0 Å². The molecule has 0 fully saturated rings. The molecule has 2 heterocycles. The zero-order valence-corrected chi connectivity index (χ0v) is 13.1. The first-order chi connectivity index (χ1) is 10.7. The molecule has 0 saturated carbocycles. The number of carbonyl (C=O) groups is 1. The van der Waals surface area contributed by atoms with Gasteiger partial charge in [0.25, 0.3) is 5.91 Å². The quantitative estimate of drug-likeness (QED) is 0.837. The van der Waals surface area contributed by atoms with Crippen molar-refractivity contribution in [2.45, 2.75) is 17.9 Å². The van der Waals surface area contributed by atoms with Crippen molar-refractivity contribution in [2.75, 3.05) is 11.9 Å². The first kappa shape index (κ1) is 15.3. The van der Waals surface area contributed by atoms with E-state index in [9.17, 15) is 9.35 Å². The van der Waals surface area contributed by atoms with Gasteiger partial charge in [-0.25, -0.2) is 0 Å². The summed E-state index contributed by atoms with van der Waals surface area (Å²) < 4.78 is 15.0.